The normalized spacial score (nSPS) is 21.1. The standard InChI is InChI=1S/C16H23N.ClH/c1-2-6-14(7-3-1)12-17-11-10-15-8-4-5-9-16(15)13-17;/h4-5,8-9,14H,1-3,6-7,10-13H2;1H. The molecular weight excluding hydrogens is 242 g/mol. The average molecular weight is 266 g/mol. The molecule has 100 valence electrons. The highest BCUT2D eigenvalue weighted by Gasteiger charge is 2.20. The molecule has 0 bridgehead atoms. The molecule has 0 amide bonds. The zero-order valence-corrected chi connectivity index (χ0v) is 11.9. The molecule has 0 spiro atoms. The van der Waals surface area contributed by atoms with E-state index in [-0.39, 0.29) is 12.4 Å². The van der Waals surface area contributed by atoms with Crippen LogP contribution in [-0.2, 0) is 13.0 Å². The van der Waals surface area contributed by atoms with Crippen LogP contribution in [0.5, 0.6) is 0 Å². The van der Waals surface area contributed by atoms with Gasteiger partial charge in [-0.25, -0.2) is 0 Å². The first-order chi connectivity index (χ1) is 8.42. The lowest BCUT2D eigenvalue weighted by atomic mass is 9.88. The first kappa shape index (κ1) is 13.9. The van der Waals surface area contributed by atoms with Crippen LogP contribution in [0.2, 0.25) is 0 Å². The molecule has 18 heavy (non-hydrogen) atoms. The quantitative estimate of drug-likeness (QED) is 0.780. The smallest absolute Gasteiger partial charge is 0.0236 e. The third-order valence-electron chi connectivity index (χ3n) is 4.45. The molecule has 0 unspecified atom stereocenters. The van der Waals surface area contributed by atoms with Crippen molar-refractivity contribution in [3.63, 3.8) is 0 Å². The molecule has 1 aliphatic heterocycles. The van der Waals surface area contributed by atoms with Crippen LogP contribution in [0.1, 0.15) is 43.2 Å². The van der Waals surface area contributed by atoms with Crippen molar-refractivity contribution in [1.82, 2.24) is 4.90 Å². The van der Waals surface area contributed by atoms with E-state index in [1.807, 2.05) is 0 Å². The van der Waals surface area contributed by atoms with Gasteiger partial charge >= 0.3 is 0 Å². The fraction of sp³-hybridized carbons (Fsp3) is 0.625. The fourth-order valence-electron chi connectivity index (χ4n) is 3.44. The van der Waals surface area contributed by atoms with E-state index >= 15 is 0 Å². The van der Waals surface area contributed by atoms with Crippen LogP contribution in [0.15, 0.2) is 24.3 Å². The molecule has 0 N–H and O–H groups in total. The van der Waals surface area contributed by atoms with Gasteiger partial charge in [0.05, 0.1) is 0 Å². The van der Waals surface area contributed by atoms with Gasteiger partial charge in [0.2, 0.25) is 0 Å². The summed E-state index contributed by atoms with van der Waals surface area (Å²) in [6.45, 7) is 3.80. The van der Waals surface area contributed by atoms with E-state index in [0.717, 1.165) is 5.92 Å². The number of halogens is 1. The third-order valence-corrected chi connectivity index (χ3v) is 4.45. The van der Waals surface area contributed by atoms with Crippen molar-refractivity contribution in [1.29, 1.82) is 0 Å². The summed E-state index contributed by atoms with van der Waals surface area (Å²) in [6, 6.07) is 8.97. The van der Waals surface area contributed by atoms with E-state index in [4.69, 9.17) is 0 Å². The topological polar surface area (TPSA) is 3.24 Å². The van der Waals surface area contributed by atoms with Crippen molar-refractivity contribution in [2.75, 3.05) is 13.1 Å². The SMILES string of the molecule is Cl.c1ccc2c(c1)CCN(CC1CCCCC1)C2. The zero-order valence-electron chi connectivity index (χ0n) is 11.1. The molecule has 3 rings (SSSR count). The van der Waals surface area contributed by atoms with Gasteiger partial charge in [0.15, 0.2) is 0 Å². The number of hydrogen-bond donors (Lipinski definition) is 0. The van der Waals surface area contributed by atoms with Gasteiger partial charge in [-0.05, 0) is 36.3 Å². The monoisotopic (exact) mass is 265 g/mol. The second-order valence-corrected chi connectivity index (χ2v) is 5.76. The van der Waals surface area contributed by atoms with Gasteiger partial charge in [-0.1, -0.05) is 43.5 Å². The molecule has 1 nitrogen and oxygen atoms in total. The van der Waals surface area contributed by atoms with Crippen molar-refractivity contribution in [2.24, 2.45) is 5.92 Å². The lowest BCUT2D eigenvalue weighted by molar-refractivity contribution is 0.187. The van der Waals surface area contributed by atoms with E-state index in [0.29, 0.717) is 0 Å². The van der Waals surface area contributed by atoms with Crippen molar-refractivity contribution >= 4 is 12.4 Å². The van der Waals surface area contributed by atoms with Crippen molar-refractivity contribution < 1.29 is 0 Å². The minimum Gasteiger partial charge on any atom is -0.298 e. The number of benzene rings is 1. The molecule has 1 fully saturated rings. The van der Waals surface area contributed by atoms with Crippen LogP contribution in [0.3, 0.4) is 0 Å². The molecule has 1 aliphatic carbocycles. The van der Waals surface area contributed by atoms with Crippen LogP contribution < -0.4 is 0 Å². The zero-order chi connectivity index (χ0) is 11.5. The molecule has 0 saturated heterocycles. The van der Waals surface area contributed by atoms with Gasteiger partial charge in [0, 0.05) is 19.6 Å². The summed E-state index contributed by atoms with van der Waals surface area (Å²) in [6.07, 6.45) is 8.60. The highest BCUT2D eigenvalue weighted by Crippen LogP contribution is 2.26. The Hall–Kier alpha value is -0.530. The Balaban J connectivity index is 0.00000120. The largest absolute Gasteiger partial charge is 0.298 e. The van der Waals surface area contributed by atoms with Gasteiger partial charge in [-0.3, -0.25) is 4.90 Å². The van der Waals surface area contributed by atoms with Crippen LogP contribution in [0, 0.1) is 5.92 Å². The van der Waals surface area contributed by atoms with E-state index in [1.165, 1.54) is 58.2 Å². The Morgan fingerprint density at radius 1 is 1.00 bits per heavy atom. The molecule has 1 saturated carbocycles. The summed E-state index contributed by atoms with van der Waals surface area (Å²) in [4.78, 5) is 2.68. The summed E-state index contributed by atoms with van der Waals surface area (Å²) < 4.78 is 0. The number of fused-ring (bicyclic) bond motifs is 1. The van der Waals surface area contributed by atoms with Gasteiger partial charge < -0.3 is 0 Å². The summed E-state index contributed by atoms with van der Waals surface area (Å²) in [7, 11) is 0. The van der Waals surface area contributed by atoms with Crippen LogP contribution in [-0.4, -0.2) is 18.0 Å². The molecular formula is C16H24ClN. The first-order valence-corrected chi connectivity index (χ1v) is 7.21. The van der Waals surface area contributed by atoms with E-state index in [2.05, 4.69) is 29.2 Å². The third kappa shape index (κ3) is 3.27. The Bertz CT molecular complexity index is 371. The van der Waals surface area contributed by atoms with E-state index < -0.39 is 0 Å². The van der Waals surface area contributed by atoms with Crippen LogP contribution >= 0.6 is 12.4 Å². The molecule has 2 aliphatic rings. The Morgan fingerprint density at radius 2 is 1.72 bits per heavy atom. The Labute approximate surface area is 117 Å². The minimum absolute atomic E-state index is 0. The minimum atomic E-state index is 0. The second-order valence-electron chi connectivity index (χ2n) is 5.76. The maximum absolute atomic E-state index is 2.68. The Morgan fingerprint density at radius 3 is 2.50 bits per heavy atom. The summed E-state index contributed by atoms with van der Waals surface area (Å²) in [5.41, 5.74) is 3.14. The summed E-state index contributed by atoms with van der Waals surface area (Å²) >= 11 is 0. The molecule has 1 aromatic carbocycles. The predicted octanol–water partition coefficient (Wildman–Crippen LogP) is 4.05. The maximum Gasteiger partial charge on any atom is 0.0236 e. The second kappa shape index (κ2) is 6.58. The van der Waals surface area contributed by atoms with Gasteiger partial charge in [-0.2, -0.15) is 0 Å². The lowest BCUT2D eigenvalue weighted by Gasteiger charge is -2.33. The first-order valence-electron chi connectivity index (χ1n) is 7.21. The van der Waals surface area contributed by atoms with E-state index in [1.54, 1.807) is 11.1 Å². The number of rotatable bonds is 2. The number of hydrogen-bond acceptors (Lipinski definition) is 1. The number of nitrogens with zero attached hydrogens (tertiary/aromatic N) is 1. The van der Waals surface area contributed by atoms with Crippen molar-refractivity contribution in [2.45, 2.75) is 45.1 Å². The molecule has 0 atom stereocenters. The Kier molecular flexibility index (Phi) is 5.08. The molecule has 0 radical (unpaired) electrons. The highest BCUT2D eigenvalue weighted by molar-refractivity contribution is 5.85. The lowest BCUT2D eigenvalue weighted by Crippen LogP contribution is -2.35. The molecule has 1 heterocycles. The van der Waals surface area contributed by atoms with Gasteiger partial charge in [0.1, 0.15) is 0 Å². The molecule has 2 heteroatoms. The molecule has 1 aromatic rings. The predicted molar refractivity (Wildman–Crippen MR) is 79.2 cm³/mol. The average Bonchev–Trinajstić information content (AvgIpc) is 2.40. The highest BCUT2D eigenvalue weighted by atomic mass is 35.5. The van der Waals surface area contributed by atoms with Crippen molar-refractivity contribution in [3.05, 3.63) is 35.4 Å². The summed E-state index contributed by atoms with van der Waals surface area (Å²) in [5.74, 6) is 0.981. The van der Waals surface area contributed by atoms with Crippen molar-refractivity contribution in [3.8, 4) is 0 Å². The van der Waals surface area contributed by atoms with E-state index in [9.17, 15) is 0 Å². The summed E-state index contributed by atoms with van der Waals surface area (Å²) in [5, 5.41) is 0. The van der Waals surface area contributed by atoms with Crippen LogP contribution in [0.4, 0.5) is 0 Å². The van der Waals surface area contributed by atoms with Gasteiger partial charge in [-0.15, -0.1) is 12.4 Å². The van der Waals surface area contributed by atoms with Gasteiger partial charge in [0.25, 0.3) is 0 Å². The van der Waals surface area contributed by atoms with Crippen LogP contribution in [0.25, 0.3) is 0 Å². The maximum atomic E-state index is 2.68. The molecule has 0 aromatic heterocycles. The fourth-order valence-corrected chi connectivity index (χ4v) is 3.44.